The van der Waals surface area contributed by atoms with Crippen LogP contribution in [0.5, 0.6) is 0 Å². The van der Waals surface area contributed by atoms with Crippen molar-refractivity contribution in [3.63, 3.8) is 0 Å². The predicted molar refractivity (Wildman–Crippen MR) is 42.4 cm³/mol. The Balaban J connectivity index is 2.30. The minimum absolute atomic E-state index is 0.731. The molecule has 0 bridgehead atoms. The molecule has 1 nitrogen and oxygen atoms in total. The Hall–Kier alpha value is 0.660. The van der Waals surface area contributed by atoms with Crippen molar-refractivity contribution in [1.82, 2.24) is 4.90 Å². The molecule has 3 heteroatoms. The van der Waals surface area contributed by atoms with Crippen molar-refractivity contribution < 1.29 is 0 Å². The molecule has 0 spiro atoms. The third kappa shape index (κ3) is 1.33. The highest BCUT2D eigenvalue weighted by atomic mass is 32.2. The maximum atomic E-state index is 2.38. The van der Waals surface area contributed by atoms with Crippen molar-refractivity contribution >= 4 is 23.5 Å². The average molecular weight is 149 g/mol. The Labute approximate surface area is 59.2 Å². The third-order valence-corrected chi connectivity index (χ3v) is 4.08. The van der Waals surface area contributed by atoms with Crippen molar-refractivity contribution in [3.8, 4) is 0 Å². The first-order valence-corrected chi connectivity index (χ1v) is 5.03. The number of nitrogens with zero attached hydrogens (tertiary/aromatic N) is 1. The lowest BCUT2D eigenvalue weighted by molar-refractivity contribution is 0.417. The fraction of sp³-hybridized carbons (Fsp3) is 1.00. The quantitative estimate of drug-likeness (QED) is 0.553. The van der Waals surface area contributed by atoms with Gasteiger partial charge in [-0.25, -0.2) is 0 Å². The van der Waals surface area contributed by atoms with Gasteiger partial charge in [-0.2, -0.15) is 0 Å². The molecule has 1 aliphatic heterocycles. The number of rotatable bonds is 1. The molecule has 1 fully saturated rings. The van der Waals surface area contributed by atoms with Gasteiger partial charge in [0, 0.05) is 12.3 Å². The molecule has 0 aromatic rings. The summed E-state index contributed by atoms with van der Waals surface area (Å²) in [4.78, 5) is 2.38. The first-order chi connectivity index (χ1) is 3.84. The van der Waals surface area contributed by atoms with E-state index in [-0.39, 0.29) is 0 Å². The first-order valence-electron chi connectivity index (χ1n) is 2.69. The Morgan fingerprint density at radius 3 is 2.75 bits per heavy atom. The molecular formula is C5H11NS2. The monoisotopic (exact) mass is 149 g/mol. The zero-order valence-electron chi connectivity index (χ0n) is 5.26. The van der Waals surface area contributed by atoms with E-state index in [9.17, 15) is 0 Å². The molecular weight excluding hydrogens is 138 g/mol. The summed E-state index contributed by atoms with van der Waals surface area (Å²) in [6.45, 7) is 1.26. The summed E-state index contributed by atoms with van der Waals surface area (Å²) in [6.07, 6.45) is 2.17. The van der Waals surface area contributed by atoms with Gasteiger partial charge in [-0.15, -0.1) is 23.5 Å². The second-order valence-electron chi connectivity index (χ2n) is 1.89. The normalized spacial score (nSPS) is 31.5. The molecule has 0 aromatic carbocycles. The summed E-state index contributed by atoms with van der Waals surface area (Å²) in [6, 6.07) is 0. The molecule has 1 unspecified atom stereocenters. The van der Waals surface area contributed by atoms with Crippen LogP contribution in [0, 0.1) is 0 Å². The number of thioether (sulfide) groups is 2. The summed E-state index contributed by atoms with van der Waals surface area (Å²) in [5.74, 6) is 1.31. The minimum Gasteiger partial charge on any atom is -0.285 e. The Kier molecular flexibility index (Phi) is 2.53. The van der Waals surface area contributed by atoms with E-state index in [4.69, 9.17) is 0 Å². The van der Waals surface area contributed by atoms with Gasteiger partial charge in [0.1, 0.15) is 4.71 Å². The van der Waals surface area contributed by atoms with Crippen LogP contribution in [-0.4, -0.2) is 35.2 Å². The molecule has 1 heterocycles. The topological polar surface area (TPSA) is 3.24 Å². The maximum Gasteiger partial charge on any atom is 0.102 e. The molecule has 1 saturated heterocycles. The largest absolute Gasteiger partial charge is 0.285 e. The van der Waals surface area contributed by atoms with Gasteiger partial charge < -0.3 is 0 Å². The summed E-state index contributed by atoms with van der Waals surface area (Å²) < 4.78 is 0.731. The van der Waals surface area contributed by atoms with Crippen molar-refractivity contribution in [2.75, 3.05) is 25.6 Å². The third-order valence-electron chi connectivity index (χ3n) is 1.27. The highest BCUT2D eigenvalue weighted by Gasteiger charge is 2.19. The lowest BCUT2D eigenvalue weighted by Crippen LogP contribution is -2.19. The average Bonchev–Trinajstić information content (AvgIpc) is 2.14. The summed E-state index contributed by atoms with van der Waals surface area (Å²) in [5, 5.41) is 0. The van der Waals surface area contributed by atoms with Crippen LogP contribution in [0.1, 0.15) is 0 Å². The van der Waals surface area contributed by atoms with Gasteiger partial charge in [-0.3, -0.25) is 4.90 Å². The zero-order chi connectivity index (χ0) is 5.98. The van der Waals surface area contributed by atoms with Crippen LogP contribution in [0.2, 0.25) is 0 Å². The van der Waals surface area contributed by atoms with E-state index in [1.807, 2.05) is 23.5 Å². The standard InChI is InChI=1S/C5H11NS2/c1-6-3-4-8-5(6)7-2/h5H,3-4H2,1-2H3. The van der Waals surface area contributed by atoms with Gasteiger partial charge in [0.15, 0.2) is 0 Å². The van der Waals surface area contributed by atoms with Crippen LogP contribution in [0.25, 0.3) is 0 Å². The van der Waals surface area contributed by atoms with Crippen molar-refractivity contribution in [2.24, 2.45) is 0 Å². The second-order valence-corrected chi connectivity index (χ2v) is 4.30. The molecule has 0 saturated carbocycles. The fourth-order valence-corrected chi connectivity index (χ4v) is 3.03. The van der Waals surface area contributed by atoms with Crippen LogP contribution in [-0.2, 0) is 0 Å². The second kappa shape index (κ2) is 2.99. The molecule has 0 N–H and O–H groups in total. The molecule has 0 aromatic heterocycles. The lowest BCUT2D eigenvalue weighted by atomic mass is 10.7. The Bertz CT molecular complexity index is 76.8. The fourth-order valence-electron chi connectivity index (χ4n) is 0.778. The van der Waals surface area contributed by atoms with Gasteiger partial charge in [-0.1, -0.05) is 0 Å². The van der Waals surface area contributed by atoms with E-state index in [1.54, 1.807) is 0 Å². The van der Waals surface area contributed by atoms with E-state index in [0.29, 0.717) is 0 Å². The molecule has 48 valence electrons. The van der Waals surface area contributed by atoms with Gasteiger partial charge in [-0.05, 0) is 13.3 Å². The van der Waals surface area contributed by atoms with Crippen LogP contribution in [0.3, 0.4) is 0 Å². The number of hydrogen-bond acceptors (Lipinski definition) is 3. The van der Waals surface area contributed by atoms with E-state index in [1.165, 1.54) is 12.3 Å². The molecule has 0 radical (unpaired) electrons. The van der Waals surface area contributed by atoms with Crippen LogP contribution in [0.15, 0.2) is 0 Å². The van der Waals surface area contributed by atoms with Gasteiger partial charge in [0.05, 0.1) is 0 Å². The SMILES string of the molecule is CSC1SCCN1C. The Morgan fingerprint density at radius 2 is 2.50 bits per heavy atom. The van der Waals surface area contributed by atoms with Crippen molar-refractivity contribution in [2.45, 2.75) is 4.71 Å². The highest BCUT2D eigenvalue weighted by molar-refractivity contribution is 8.16. The summed E-state index contributed by atoms with van der Waals surface area (Å²) in [5.41, 5.74) is 0. The van der Waals surface area contributed by atoms with Gasteiger partial charge in [0.25, 0.3) is 0 Å². The van der Waals surface area contributed by atoms with Gasteiger partial charge in [0.2, 0.25) is 0 Å². The molecule has 8 heavy (non-hydrogen) atoms. The minimum atomic E-state index is 0.731. The molecule has 1 aliphatic rings. The molecule has 1 atom stereocenters. The molecule has 0 aliphatic carbocycles. The summed E-state index contributed by atoms with van der Waals surface area (Å²) >= 11 is 3.97. The highest BCUT2D eigenvalue weighted by Crippen LogP contribution is 2.29. The zero-order valence-corrected chi connectivity index (χ0v) is 6.89. The molecule has 1 rings (SSSR count). The van der Waals surface area contributed by atoms with Gasteiger partial charge >= 0.3 is 0 Å². The van der Waals surface area contributed by atoms with Crippen LogP contribution < -0.4 is 0 Å². The van der Waals surface area contributed by atoms with E-state index >= 15 is 0 Å². The summed E-state index contributed by atoms with van der Waals surface area (Å²) in [7, 11) is 2.18. The predicted octanol–water partition coefficient (Wildman–Crippen LogP) is 1.31. The van der Waals surface area contributed by atoms with Crippen LogP contribution >= 0.6 is 23.5 Å². The number of hydrogen-bond donors (Lipinski definition) is 0. The smallest absolute Gasteiger partial charge is 0.102 e. The van der Waals surface area contributed by atoms with E-state index < -0.39 is 0 Å². The Morgan fingerprint density at radius 1 is 1.75 bits per heavy atom. The maximum absolute atomic E-state index is 2.38. The molecule has 0 amide bonds. The van der Waals surface area contributed by atoms with Crippen molar-refractivity contribution in [1.29, 1.82) is 0 Å². The van der Waals surface area contributed by atoms with E-state index in [0.717, 1.165) is 4.71 Å². The van der Waals surface area contributed by atoms with E-state index in [2.05, 4.69) is 18.2 Å². The van der Waals surface area contributed by atoms with Crippen LogP contribution in [0.4, 0.5) is 0 Å². The lowest BCUT2D eigenvalue weighted by Gasteiger charge is -2.14. The van der Waals surface area contributed by atoms with Crippen molar-refractivity contribution in [3.05, 3.63) is 0 Å². The first kappa shape index (κ1) is 6.78.